The van der Waals surface area contributed by atoms with Gasteiger partial charge in [0.2, 0.25) is 0 Å². The summed E-state index contributed by atoms with van der Waals surface area (Å²) in [5, 5.41) is 9.91. The van der Waals surface area contributed by atoms with Gasteiger partial charge in [-0.15, -0.1) is 0 Å². The van der Waals surface area contributed by atoms with Crippen molar-refractivity contribution in [2.45, 2.75) is 26.3 Å². The molecule has 0 amide bonds. The zero-order valence-electron chi connectivity index (χ0n) is 11.9. The molecule has 1 aromatic heterocycles. The normalized spacial score (nSPS) is 11.1. The topological polar surface area (TPSA) is 38.0 Å². The second kappa shape index (κ2) is 5.56. The Morgan fingerprint density at radius 1 is 1.19 bits per heavy atom. The quantitative estimate of drug-likeness (QED) is 0.789. The summed E-state index contributed by atoms with van der Waals surface area (Å²) in [7, 11) is 0. The molecule has 2 aromatic carbocycles. The summed E-state index contributed by atoms with van der Waals surface area (Å²) in [6, 6.07) is 11.9. The van der Waals surface area contributed by atoms with Crippen LogP contribution < -0.4 is 0 Å². The summed E-state index contributed by atoms with van der Waals surface area (Å²) in [6.45, 7) is 2.92. The average Bonchev–Trinajstić information content (AvgIpc) is 2.79. The number of rotatable bonds is 4. The molecule has 0 aliphatic heterocycles. The van der Waals surface area contributed by atoms with Crippen molar-refractivity contribution in [2.24, 2.45) is 0 Å². The Kier molecular flexibility index (Phi) is 3.60. The minimum atomic E-state index is -0.280. The Labute approximate surface area is 122 Å². The Morgan fingerprint density at radius 3 is 2.76 bits per heavy atom. The van der Waals surface area contributed by atoms with Crippen LogP contribution in [0.4, 0.5) is 4.39 Å². The number of imidazole rings is 1. The van der Waals surface area contributed by atoms with Crippen molar-refractivity contribution in [2.75, 3.05) is 0 Å². The number of phenolic OH excluding ortho intramolecular Hbond substituents is 1. The predicted molar refractivity (Wildman–Crippen MR) is 80.9 cm³/mol. The molecular formula is C17H17FN2O. The van der Waals surface area contributed by atoms with Gasteiger partial charge in [0, 0.05) is 24.6 Å². The van der Waals surface area contributed by atoms with Crippen LogP contribution in [-0.4, -0.2) is 14.7 Å². The summed E-state index contributed by atoms with van der Waals surface area (Å²) in [5.41, 5.74) is 2.42. The third-order valence-corrected chi connectivity index (χ3v) is 3.58. The summed E-state index contributed by atoms with van der Waals surface area (Å²) in [4.78, 5) is 4.54. The number of hydrogen-bond donors (Lipinski definition) is 1. The predicted octanol–water partition coefficient (Wildman–Crippen LogP) is 3.88. The van der Waals surface area contributed by atoms with E-state index in [1.165, 1.54) is 12.1 Å². The van der Waals surface area contributed by atoms with Crippen molar-refractivity contribution in [3.63, 3.8) is 0 Å². The number of halogens is 1. The Morgan fingerprint density at radius 2 is 2.00 bits per heavy atom. The summed E-state index contributed by atoms with van der Waals surface area (Å²) in [5.74, 6) is 0.829. The van der Waals surface area contributed by atoms with E-state index in [4.69, 9.17) is 0 Å². The first-order chi connectivity index (χ1) is 10.2. The zero-order valence-corrected chi connectivity index (χ0v) is 11.9. The molecule has 1 heterocycles. The molecule has 0 saturated carbocycles. The zero-order chi connectivity index (χ0) is 14.8. The fraction of sp³-hybridized carbons (Fsp3) is 0.235. The third kappa shape index (κ3) is 2.61. The van der Waals surface area contributed by atoms with E-state index in [0.29, 0.717) is 11.9 Å². The van der Waals surface area contributed by atoms with Crippen molar-refractivity contribution in [1.82, 2.24) is 9.55 Å². The lowest BCUT2D eigenvalue weighted by Crippen LogP contribution is -2.04. The molecule has 0 atom stereocenters. The van der Waals surface area contributed by atoms with E-state index in [1.54, 1.807) is 18.2 Å². The van der Waals surface area contributed by atoms with Crippen LogP contribution in [0.5, 0.6) is 5.75 Å². The molecule has 3 rings (SSSR count). The van der Waals surface area contributed by atoms with Gasteiger partial charge < -0.3 is 9.67 Å². The molecule has 0 fully saturated rings. The first-order valence-electron chi connectivity index (χ1n) is 7.10. The number of fused-ring (bicyclic) bond motifs is 1. The van der Waals surface area contributed by atoms with Crippen molar-refractivity contribution in [3.05, 3.63) is 59.7 Å². The van der Waals surface area contributed by atoms with Gasteiger partial charge in [-0.25, -0.2) is 9.37 Å². The minimum absolute atomic E-state index is 0.263. The van der Waals surface area contributed by atoms with Crippen LogP contribution in [0.25, 0.3) is 11.0 Å². The van der Waals surface area contributed by atoms with Crippen LogP contribution in [0.1, 0.15) is 24.7 Å². The standard InChI is InChI=1S/C17H17FN2O/c1-2-9-20-15-8-7-13(18)11-14(15)19-17(20)10-12-5-3-4-6-16(12)21/h3-8,11,21H,2,9-10H2,1H3. The molecule has 1 N–H and O–H groups in total. The largest absolute Gasteiger partial charge is 0.508 e. The smallest absolute Gasteiger partial charge is 0.125 e. The lowest BCUT2D eigenvalue weighted by molar-refractivity contribution is 0.468. The van der Waals surface area contributed by atoms with Gasteiger partial charge in [-0.05, 0) is 24.6 Å². The number of benzene rings is 2. The van der Waals surface area contributed by atoms with E-state index in [1.807, 2.05) is 12.1 Å². The second-order valence-electron chi connectivity index (χ2n) is 5.12. The highest BCUT2D eigenvalue weighted by Crippen LogP contribution is 2.23. The molecule has 0 aliphatic carbocycles. The van der Waals surface area contributed by atoms with Crippen LogP contribution >= 0.6 is 0 Å². The molecule has 0 saturated heterocycles. The third-order valence-electron chi connectivity index (χ3n) is 3.58. The molecule has 3 nitrogen and oxygen atoms in total. The van der Waals surface area contributed by atoms with E-state index in [0.717, 1.165) is 29.9 Å². The van der Waals surface area contributed by atoms with Crippen LogP contribution in [0.2, 0.25) is 0 Å². The number of aryl methyl sites for hydroxylation is 1. The van der Waals surface area contributed by atoms with E-state index in [-0.39, 0.29) is 11.6 Å². The van der Waals surface area contributed by atoms with Crippen LogP contribution in [-0.2, 0) is 13.0 Å². The minimum Gasteiger partial charge on any atom is -0.508 e. The van der Waals surface area contributed by atoms with E-state index >= 15 is 0 Å². The molecule has 4 heteroatoms. The van der Waals surface area contributed by atoms with Crippen LogP contribution in [0.3, 0.4) is 0 Å². The van der Waals surface area contributed by atoms with Crippen LogP contribution in [0.15, 0.2) is 42.5 Å². The molecule has 0 radical (unpaired) electrons. The summed E-state index contributed by atoms with van der Waals surface area (Å²) in [6.07, 6.45) is 1.50. The van der Waals surface area contributed by atoms with Gasteiger partial charge in [-0.2, -0.15) is 0 Å². The molecule has 0 aliphatic rings. The molecule has 21 heavy (non-hydrogen) atoms. The van der Waals surface area contributed by atoms with Gasteiger partial charge >= 0.3 is 0 Å². The molecule has 0 bridgehead atoms. The van der Waals surface area contributed by atoms with Gasteiger partial charge in [-0.3, -0.25) is 0 Å². The highest BCUT2D eigenvalue weighted by atomic mass is 19.1. The molecule has 0 spiro atoms. The van der Waals surface area contributed by atoms with Gasteiger partial charge in [0.15, 0.2) is 0 Å². The molecule has 108 valence electrons. The van der Waals surface area contributed by atoms with Crippen molar-refractivity contribution in [3.8, 4) is 5.75 Å². The fourth-order valence-corrected chi connectivity index (χ4v) is 2.59. The highest BCUT2D eigenvalue weighted by Gasteiger charge is 2.12. The first-order valence-corrected chi connectivity index (χ1v) is 7.10. The van der Waals surface area contributed by atoms with E-state index in [2.05, 4.69) is 16.5 Å². The summed E-state index contributed by atoms with van der Waals surface area (Å²) >= 11 is 0. The first kappa shape index (κ1) is 13.6. The number of hydrogen-bond acceptors (Lipinski definition) is 2. The maximum Gasteiger partial charge on any atom is 0.125 e. The maximum absolute atomic E-state index is 13.4. The lowest BCUT2D eigenvalue weighted by Gasteiger charge is -2.08. The van der Waals surface area contributed by atoms with Crippen LogP contribution in [0, 0.1) is 5.82 Å². The Hall–Kier alpha value is -2.36. The van der Waals surface area contributed by atoms with Gasteiger partial charge in [0.25, 0.3) is 0 Å². The van der Waals surface area contributed by atoms with Gasteiger partial charge in [0.05, 0.1) is 11.0 Å². The van der Waals surface area contributed by atoms with Crippen molar-refractivity contribution >= 4 is 11.0 Å². The SMILES string of the molecule is CCCn1c(Cc2ccccc2O)nc2cc(F)ccc21. The highest BCUT2D eigenvalue weighted by molar-refractivity contribution is 5.76. The lowest BCUT2D eigenvalue weighted by atomic mass is 10.1. The van der Waals surface area contributed by atoms with Gasteiger partial charge in [-0.1, -0.05) is 25.1 Å². The average molecular weight is 284 g/mol. The monoisotopic (exact) mass is 284 g/mol. The number of para-hydroxylation sites is 1. The number of phenols is 1. The van der Waals surface area contributed by atoms with Crippen molar-refractivity contribution in [1.29, 1.82) is 0 Å². The fourth-order valence-electron chi connectivity index (χ4n) is 2.59. The Balaban J connectivity index is 2.08. The number of aromatic nitrogens is 2. The van der Waals surface area contributed by atoms with Gasteiger partial charge in [0.1, 0.15) is 17.4 Å². The second-order valence-corrected chi connectivity index (χ2v) is 5.12. The van der Waals surface area contributed by atoms with E-state index in [9.17, 15) is 9.50 Å². The van der Waals surface area contributed by atoms with E-state index < -0.39 is 0 Å². The maximum atomic E-state index is 13.4. The molecule has 0 unspecified atom stereocenters. The summed E-state index contributed by atoms with van der Waals surface area (Å²) < 4.78 is 15.5. The molecule has 3 aromatic rings. The molecular weight excluding hydrogens is 267 g/mol. The van der Waals surface area contributed by atoms with Crippen molar-refractivity contribution < 1.29 is 9.50 Å². The number of nitrogens with zero attached hydrogens (tertiary/aromatic N) is 2. The Bertz CT molecular complexity index is 780. The number of aromatic hydroxyl groups is 1.